The molecule has 100 valence electrons. The minimum Gasteiger partial charge on any atom is -0.468 e. The van der Waals surface area contributed by atoms with E-state index in [-0.39, 0.29) is 5.78 Å². The summed E-state index contributed by atoms with van der Waals surface area (Å²) in [6.45, 7) is 6.06. The molecule has 2 nitrogen and oxygen atoms in total. The van der Waals surface area contributed by atoms with Crippen molar-refractivity contribution in [1.29, 1.82) is 0 Å². The van der Waals surface area contributed by atoms with Crippen LogP contribution >= 0.6 is 11.8 Å². The summed E-state index contributed by atoms with van der Waals surface area (Å²) in [6, 6.07) is 7.93. The first-order valence-electron chi connectivity index (χ1n) is 6.29. The third kappa shape index (κ3) is 3.51. The van der Waals surface area contributed by atoms with Crippen LogP contribution in [0.4, 0.5) is 0 Å². The minimum absolute atomic E-state index is 0.201. The predicted octanol–water partition coefficient (Wildman–Crippen LogP) is 4.32. The van der Waals surface area contributed by atoms with E-state index in [9.17, 15) is 4.79 Å². The number of benzene rings is 1. The second-order valence-electron chi connectivity index (χ2n) is 4.77. The minimum atomic E-state index is 0.201. The number of ketones is 1. The molecule has 19 heavy (non-hydrogen) atoms. The topological polar surface area (TPSA) is 30.2 Å². The maximum Gasteiger partial charge on any atom is 0.173 e. The van der Waals surface area contributed by atoms with E-state index >= 15 is 0 Å². The van der Waals surface area contributed by atoms with Gasteiger partial charge in [-0.25, -0.2) is 0 Å². The Hall–Kier alpha value is -1.48. The van der Waals surface area contributed by atoms with Crippen molar-refractivity contribution in [2.75, 3.05) is 5.75 Å². The van der Waals surface area contributed by atoms with Crippen molar-refractivity contribution >= 4 is 17.5 Å². The first kappa shape index (κ1) is 13.9. The summed E-state index contributed by atoms with van der Waals surface area (Å²) in [5.74, 6) is 2.34. The lowest BCUT2D eigenvalue weighted by molar-refractivity contribution is 0.102. The summed E-state index contributed by atoms with van der Waals surface area (Å²) in [5, 5.41) is 0. The fourth-order valence-electron chi connectivity index (χ4n) is 2.33. The van der Waals surface area contributed by atoms with Gasteiger partial charge in [-0.05, 0) is 44.0 Å². The van der Waals surface area contributed by atoms with Gasteiger partial charge in [0.25, 0.3) is 0 Å². The molecule has 0 aliphatic heterocycles. The van der Waals surface area contributed by atoms with Gasteiger partial charge < -0.3 is 4.42 Å². The van der Waals surface area contributed by atoms with Crippen LogP contribution in [-0.4, -0.2) is 11.5 Å². The SMILES string of the molecule is Cc1cc(C)c(C(=O)CSCc2ccco2)c(C)c1. The number of Topliss-reactive ketones (excluding diaryl/α,β-unsaturated/α-hetero) is 1. The highest BCUT2D eigenvalue weighted by Gasteiger charge is 2.13. The van der Waals surface area contributed by atoms with Gasteiger partial charge in [-0.15, -0.1) is 11.8 Å². The van der Waals surface area contributed by atoms with Crippen LogP contribution in [0, 0.1) is 20.8 Å². The van der Waals surface area contributed by atoms with Crippen LogP contribution < -0.4 is 0 Å². The van der Waals surface area contributed by atoms with E-state index in [4.69, 9.17) is 4.42 Å². The number of hydrogen-bond acceptors (Lipinski definition) is 3. The van der Waals surface area contributed by atoms with Gasteiger partial charge in [0.15, 0.2) is 5.78 Å². The molecule has 0 bridgehead atoms. The van der Waals surface area contributed by atoms with Gasteiger partial charge >= 0.3 is 0 Å². The van der Waals surface area contributed by atoms with Gasteiger partial charge in [0.2, 0.25) is 0 Å². The molecule has 1 heterocycles. The molecule has 3 heteroatoms. The zero-order valence-corrected chi connectivity index (χ0v) is 12.3. The smallest absolute Gasteiger partial charge is 0.173 e. The Kier molecular flexibility index (Phi) is 4.48. The molecular formula is C16H18O2S. The van der Waals surface area contributed by atoms with Gasteiger partial charge in [0.05, 0.1) is 17.8 Å². The standard InChI is InChI=1S/C16H18O2S/c1-11-7-12(2)16(13(3)8-11)15(17)10-19-9-14-5-4-6-18-14/h4-8H,9-10H2,1-3H3. The van der Waals surface area contributed by atoms with E-state index < -0.39 is 0 Å². The fraction of sp³-hybridized carbons (Fsp3) is 0.312. The lowest BCUT2D eigenvalue weighted by Crippen LogP contribution is -2.08. The fourth-order valence-corrected chi connectivity index (χ4v) is 3.13. The summed E-state index contributed by atoms with van der Waals surface area (Å²) in [7, 11) is 0. The van der Waals surface area contributed by atoms with Crippen molar-refractivity contribution in [3.63, 3.8) is 0 Å². The number of thioether (sulfide) groups is 1. The number of rotatable bonds is 5. The van der Waals surface area contributed by atoms with Crippen LogP contribution in [0.1, 0.15) is 32.8 Å². The zero-order valence-electron chi connectivity index (χ0n) is 11.5. The molecule has 0 fully saturated rings. The number of aryl methyl sites for hydroxylation is 3. The van der Waals surface area contributed by atoms with Gasteiger partial charge in [-0.2, -0.15) is 0 Å². The first-order chi connectivity index (χ1) is 9.08. The number of carbonyl (C=O) groups excluding carboxylic acids is 1. The van der Waals surface area contributed by atoms with Crippen molar-refractivity contribution in [2.24, 2.45) is 0 Å². The molecule has 0 unspecified atom stereocenters. The molecular weight excluding hydrogens is 256 g/mol. The van der Waals surface area contributed by atoms with Gasteiger partial charge in [0, 0.05) is 5.56 Å². The maximum atomic E-state index is 12.3. The second kappa shape index (κ2) is 6.11. The van der Waals surface area contributed by atoms with Crippen molar-refractivity contribution in [3.05, 3.63) is 58.5 Å². The van der Waals surface area contributed by atoms with Gasteiger partial charge in [-0.1, -0.05) is 17.7 Å². The summed E-state index contributed by atoms with van der Waals surface area (Å²) in [4.78, 5) is 12.3. The van der Waals surface area contributed by atoms with Crippen molar-refractivity contribution < 1.29 is 9.21 Å². The molecule has 2 rings (SSSR count). The normalized spacial score (nSPS) is 10.7. The highest BCUT2D eigenvalue weighted by atomic mass is 32.2. The van der Waals surface area contributed by atoms with Crippen LogP contribution in [0.5, 0.6) is 0 Å². The average Bonchev–Trinajstić information content (AvgIpc) is 2.80. The van der Waals surface area contributed by atoms with Crippen molar-refractivity contribution in [3.8, 4) is 0 Å². The maximum absolute atomic E-state index is 12.3. The molecule has 0 N–H and O–H groups in total. The second-order valence-corrected chi connectivity index (χ2v) is 5.75. The molecule has 0 radical (unpaired) electrons. The summed E-state index contributed by atoms with van der Waals surface area (Å²) < 4.78 is 5.25. The Morgan fingerprint density at radius 1 is 1.21 bits per heavy atom. The number of carbonyl (C=O) groups is 1. The molecule has 0 aliphatic rings. The largest absolute Gasteiger partial charge is 0.468 e. The third-order valence-electron chi connectivity index (χ3n) is 3.01. The first-order valence-corrected chi connectivity index (χ1v) is 7.44. The molecule has 0 saturated carbocycles. The Morgan fingerprint density at radius 2 is 1.89 bits per heavy atom. The summed E-state index contributed by atoms with van der Waals surface area (Å²) in [6.07, 6.45) is 1.66. The van der Waals surface area contributed by atoms with E-state index in [1.54, 1.807) is 18.0 Å². The van der Waals surface area contributed by atoms with Crippen molar-refractivity contribution in [1.82, 2.24) is 0 Å². The average molecular weight is 274 g/mol. The molecule has 2 aromatic rings. The molecule has 0 spiro atoms. The van der Waals surface area contributed by atoms with Crippen LogP contribution in [0.3, 0.4) is 0 Å². The van der Waals surface area contributed by atoms with Crippen LogP contribution in [0.2, 0.25) is 0 Å². The van der Waals surface area contributed by atoms with Crippen LogP contribution in [0.15, 0.2) is 34.9 Å². The predicted molar refractivity (Wildman–Crippen MR) is 79.9 cm³/mol. The van der Waals surface area contributed by atoms with Crippen LogP contribution in [-0.2, 0) is 5.75 Å². The van der Waals surface area contributed by atoms with E-state index in [0.717, 1.165) is 28.2 Å². The summed E-state index contributed by atoms with van der Waals surface area (Å²) in [5.41, 5.74) is 4.22. The zero-order chi connectivity index (χ0) is 13.8. The van der Waals surface area contributed by atoms with Crippen LogP contribution in [0.25, 0.3) is 0 Å². The molecule has 1 aromatic heterocycles. The Morgan fingerprint density at radius 3 is 2.47 bits per heavy atom. The third-order valence-corrected chi connectivity index (χ3v) is 3.97. The van der Waals surface area contributed by atoms with Gasteiger partial charge in [-0.3, -0.25) is 4.79 Å². The quantitative estimate of drug-likeness (QED) is 0.761. The lowest BCUT2D eigenvalue weighted by atomic mass is 9.97. The van der Waals surface area contributed by atoms with E-state index in [1.165, 1.54) is 5.56 Å². The Labute approximate surface area is 118 Å². The highest BCUT2D eigenvalue weighted by Crippen LogP contribution is 2.20. The Bertz CT molecular complexity index is 547. The van der Waals surface area contributed by atoms with E-state index in [1.807, 2.05) is 26.0 Å². The number of hydrogen-bond donors (Lipinski definition) is 0. The highest BCUT2D eigenvalue weighted by molar-refractivity contribution is 7.99. The Balaban J connectivity index is 2.00. The number of furan rings is 1. The van der Waals surface area contributed by atoms with Crippen molar-refractivity contribution in [2.45, 2.75) is 26.5 Å². The lowest BCUT2D eigenvalue weighted by Gasteiger charge is -2.09. The van der Waals surface area contributed by atoms with Gasteiger partial charge in [0.1, 0.15) is 5.76 Å². The summed E-state index contributed by atoms with van der Waals surface area (Å²) >= 11 is 1.59. The molecule has 0 saturated heterocycles. The molecule has 1 aromatic carbocycles. The molecule has 0 aliphatic carbocycles. The van der Waals surface area contributed by atoms with E-state index in [2.05, 4.69) is 19.1 Å². The molecule has 0 amide bonds. The van der Waals surface area contributed by atoms with E-state index in [0.29, 0.717) is 5.75 Å². The molecule has 0 atom stereocenters. The monoisotopic (exact) mass is 274 g/mol.